The topological polar surface area (TPSA) is 52.6 Å². The van der Waals surface area contributed by atoms with Gasteiger partial charge in [0.05, 0.1) is 6.61 Å². The number of nitrogens with zero attached hydrogens (tertiary/aromatic N) is 1. The first-order valence-corrected chi connectivity index (χ1v) is 6.61. The molecule has 0 atom stereocenters. The van der Waals surface area contributed by atoms with Gasteiger partial charge in [-0.1, -0.05) is 43.6 Å². The highest BCUT2D eigenvalue weighted by Crippen LogP contribution is 2.28. The van der Waals surface area contributed by atoms with E-state index in [9.17, 15) is 4.79 Å². The van der Waals surface area contributed by atoms with Crippen molar-refractivity contribution in [2.75, 3.05) is 26.7 Å². The summed E-state index contributed by atoms with van der Waals surface area (Å²) in [4.78, 5) is 13.2. The molecule has 1 aromatic rings. The lowest BCUT2D eigenvalue weighted by atomic mass is 9.84. The Morgan fingerprint density at radius 1 is 1.42 bits per heavy atom. The first kappa shape index (κ1) is 15.8. The number of carbonyl (C=O) groups is 1. The minimum Gasteiger partial charge on any atom is -0.395 e. The van der Waals surface area contributed by atoms with Crippen LogP contribution in [-0.2, 0) is 5.41 Å². The van der Waals surface area contributed by atoms with E-state index in [4.69, 9.17) is 16.7 Å². The van der Waals surface area contributed by atoms with Crippen molar-refractivity contribution in [2.45, 2.75) is 19.3 Å². The first-order valence-electron chi connectivity index (χ1n) is 6.23. The third kappa shape index (κ3) is 4.40. The molecule has 5 heteroatoms. The fourth-order valence-corrected chi connectivity index (χ4v) is 2.18. The van der Waals surface area contributed by atoms with E-state index in [2.05, 4.69) is 5.32 Å². The van der Waals surface area contributed by atoms with Crippen LogP contribution in [-0.4, -0.2) is 42.8 Å². The maximum Gasteiger partial charge on any atom is 0.317 e. The number of benzene rings is 1. The van der Waals surface area contributed by atoms with Gasteiger partial charge in [0.25, 0.3) is 0 Å². The van der Waals surface area contributed by atoms with E-state index in [-0.39, 0.29) is 18.1 Å². The standard InChI is InChI=1S/C14H21ClN2O2/c1-14(2,11-6-4-5-7-12(11)15)10-16-13(19)17(3)8-9-18/h4-7,18H,8-10H2,1-3H3,(H,16,19). The van der Waals surface area contributed by atoms with Crippen molar-refractivity contribution in [1.29, 1.82) is 0 Å². The van der Waals surface area contributed by atoms with Crippen molar-refractivity contribution in [2.24, 2.45) is 0 Å². The van der Waals surface area contributed by atoms with Gasteiger partial charge in [0.15, 0.2) is 0 Å². The number of hydrogen-bond acceptors (Lipinski definition) is 2. The SMILES string of the molecule is CN(CCO)C(=O)NCC(C)(C)c1ccccc1Cl. The van der Waals surface area contributed by atoms with Crippen LogP contribution >= 0.6 is 11.6 Å². The Balaban J connectivity index is 2.66. The average molecular weight is 285 g/mol. The quantitative estimate of drug-likeness (QED) is 0.871. The van der Waals surface area contributed by atoms with Crippen LogP contribution in [0.15, 0.2) is 24.3 Å². The third-order valence-electron chi connectivity index (χ3n) is 3.07. The Morgan fingerprint density at radius 3 is 2.63 bits per heavy atom. The highest BCUT2D eigenvalue weighted by Gasteiger charge is 2.24. The fraction of sp³-hybridized carbons (Fsp3) is 0.500. The molecular formula is C14H21ClN2O2. The van der Waals surface area contributed by atoms with Crippen LogP contribution in [0.3, 0.4) is 0 Å². The number of amides is 2. The number of aliphatic hydroxyl groups excluding tert-OH is 1. The second kappa shape index (κ2) is 6.78. The first-order chi connectivity index (χ1) is 8.88. The zero-order valence-electron chi connectivity index (χ0n) is 11.6. The minimum absolute atomic E-state index is 0.0438. The Hall–Kier alpha value is -1.26. The van der Waals surface area contributed by atoms with Gasteiger partial charge in [-0.15, -0.1) is 0 Å². The molecule has 1 rings (SSSR count). The fourth-order valence-electron chi connectivity index (χ4n) is 1.79. The van der Waals surface area contributed by atoms with Crippen molar-refractivity contribution in [3.8, 4) is 0 Å². The number of urea groups is 1. The lowest BCUT2D eigenvalue weighted by Crippen LogP contribution is -2.44. The smallest absolute Gasteiger partial charge is 0.317 e. The van der Waals surface area contributed by atoms with E-state index in [1.54, 1.807) is 7.05 Å². The highest BCUT2D eigenvalue weighted by molar-refractivity contribution is 6.31. The van der Waals surface area contributed by atoms with Crippen LogP contribution in [0, 0.1) is 0 Å². The van der Waals surface area contributed by atoms with Gasteiger partial charge >= 0.3 is 6.03 Å². The van der Waals surface area contributed by atoms with Gasteiger partial charge in [-0.2, -0.15) is 0 Å². The summed E-state index contributed by atoms with van der Waals surface area (Å²) in [6.45, 7) is 4.81. The summed E-state index contributed by atoms with van der Waals surface area (Å²) in [5, 5.41) is 12.3. The summed E-state index contributed by atoms with van der Waals surface area (Å²) in [5.74, 6) is 0. The molecule has 0 aliphatic heterocycles. The summed E-state index contributed by atoms with van der Waals surface area (Å²) in [7, 11) is 1.65. The van der Waals surface area contributed by atoms with E-state index in [1.807, 2.05) is 38.1 Å². The number of likely N-dealkylation sites (N-methyl/N-ethyl adjacent to an activating group) is 1. The van der Waals surface area contributed by atoms with E-state index >= 15 is 0 Å². The molecule has 0 saturated heterocycles. The number of carbonyl (C=O) groups excluding carboxylic acids is 1. The summed E-state index contributed by atoms with van der Waals surface area (Å²) in [5.41, 5.74) is 0.746. The Bertz CT molecular complexity index is 435. The van der Waals surface area contributed by atoms with Gasteiger partial charge in [0.1, 0.15) is 0 Å². The van der Waals surface area contributed by atoms with Crippen molar-refractivity contribution in [1.82, 2.24) is 10.2 Å². The molecule has 0 radical (unpaired) electrons. The van der Waals surface area contributed by atoms with E-state index in [0.29, 0.717) is 18.1 Å². The number of hydrogen-bond donors (Lipinski definition) is 2. The van der Waals surface area contributed by atoms with Crippen molar-refractivity contribution < 1.29 is 9.90 Å². The molecule has 0 heterocycles. The van der Waals surface area contributed by atoms with Crippen LogP contribution in [0.5, 0.6) is 0 Å². The van der Waals surface area contributed by atoms with Gasteiger partial charge in [-0.3, -0.25) is 0 Å². The molecule has 0 aliphatic rings. The summed E-state index contributed by atoms with van der Waals surface area (Å²) < 4.78 is 0. The predicted octanol–water partition coefficient (Wildman–Crippen LogP) is 2.25. The monoisotopic (exact) mass is 284 g/mol. The zero-order valence-corrected chi connectivity index (χ0v) is 12.4. The number of nitrogens with one attached hydrogen (secondary N) is 1. The molecule has 0 fully saturated rings. The van der Waals surface area contributed by atoms with Crippen molar-refractivity contribution in [3.63, 3.8) is 0 Å². The summed E-state index contributed by atoms with van der Waals surface area (Å²) in [6.07, 6.45) is 0. The second-order valence-corrected chi connectivity index (χ2v) is 5.57. The van der Waals surface area contributed by atoms with E-state index in [0.717, 1.165) is 5.56 Å². The third-order valence-corrected chi connectivity index (χ3v) is 3.40. The maximum atomic E-state index is 11.8. The normalized spacial score (nSPS) is 11.2. The summed E-state index contributed by atoms with van der Waals surface area (Å²) >= 11 is 6.18. The molecule has 2 N–H and O–H groups in total. The highest BCUT2D eigenvalue weighted by atomic mass is 35.5. The molecule has 0 saturated carbocycles. The Kier molecular flexibility index (Phi) is 5.63. The van der Waals surface area contributed by atoms with Crippen LogP contribution in [0.4, 0.5) is 4.79 Å². The van der Waals surface area contributed by atoms with Gasteiger partial charge in [-0.25, -0.2) is 4.79 Å². The molecule has 19 heavy (non-hydrogen) atoms. The second-order valence-electron chi connectivity index (χ2n) is 5.17. The van der Waals surface area contributed by atoms with Gasteiger partial charge in [0.2, 0.25) is 0 Å². The van der Waals surface area contributed by atoms with Crippen LogP contribution < -0.4 is 5.32 Å². The molecule has 0 bridgehead atoms. The predicted molar refractivity (Wildman–Crippen MR) is 77.6 cm³/mol. The molecular weight excluding hydrogens is 264 g/mol. The van der Waals surface area contributed by atoms with Crippen molar-refractivity contribution in [3.05, 3.63) is 34.9 Å². The van der Waals surface area contributed by atoms with Crippen molar-refractivity contribution >= 4 is 17.6 Å². The Labute approximate surface area is 119 Å². The molecule has 2 amide bonds. The summed E-state index contributed by atoms with van der Waals surface area (Å²) in [6, 6.07) is 7.43. The number of aliphatic hydroxyl groups is 1. The number of rotatable bonds is 5. The average Bonchev–Trinajstić information content (AvgIpc) is 2.36. The minimum atomic E-state index is -0.256. The zero-order chi connectivity index (χ0) is 14.5. The maximum absolute atomic E-state index is 11.8. The molecule has 0 spiro atoms. The lowest BCUT2D eigenvalue weighted by Gasteiger charge is -2.28. The van der Waals surface area contributed by atoms with Gasteiger partial charge in [-0.05, 0) is 11.6 Å². The van der Waals surface area contributed by atoms with E-state index < -0.39 is 0 Å². The van der Waals surface area contributed by atoms with Crippen LogP contribution in [0.25, 0.3) is 0 Å². The largest absolute Gasteiger partial charge is 0.395 e. The van der Waals surface area contributed by atoms with Crippen LogP contribution in [0.1, 0.15) is 19.4 Å². The molecule has 0 aromatic heterocycles. The molecule has 0 aliphatic carbocycles. The van der Waals surface area contributed by atoms with Gasteiger partial charge in [0, 0.05) is 30.6 Å². The van der Waals surface area contributed by atoms with Gasteiger partial charge < -0.3 is 15.3 Å². The molecule has 4 nitrogen and oxygen atoms in total. The number of halogens is 1. The molecule has 1 aromatic carbocycles. The lowest BCUT2D eigenvalue weighted by molar-refractivity contribution is 0.188. The van der Waals surface area contributed by atoms with Crippen LogP contribution in [0.2, 0.25) is 5.02 Å². The molecule has 106 valence electrons. The Morgan fingerprint density at radius 2 is 2.05 bits per heavy atom. The molecule has 0 unspecified atom stereocenters. The van der Waals surface area contributed by atoms with E-state index in [1.165, 1.54) is 4.90 Å².